The summed E-state index contributed by atoms with van der Waals surface area (Å²) in [5.74, 6) is -0.00588. The van der Waals surface area contributed by atoms with Crippen LogP contribution in [0.3, 0.4) is 0 Å². The lowest BCUT2D eigenvalue weighted by molar-refractivity contribution is -0.120. The minimum Gasteiger partial charge on any atom is -0.359 e. The Balaban J connectivity index is 2.11. The van der Waals surface area contributed by atoms with Gasteiger partial charge in [0.25, 0.3) is 0 Å². The number of carbonyl (C=O) groups is 1. The van der Waals surface area contributed by atoms with Crippen molar-refractivity contribution in [1.29, 1.82) is 0 Å². The number of aromatic nitrogens is 2. The van der Waals surface area contributed by atoms with E-state index in [2.05, 4.69) is 15.5 Å². The first-order valence-electron chi connectivity index (χ1n) is 5.49. The molecule has 2 rings (SSSR count). The van der Waals surface area contributed by atoms with Crippen molar-refractivity contribution in [2.75, 3.05) is 7.05 Å². The van der Waals surface area contributed by atoms with Crippen LogP contribution in [0.5, 0.6) is 0 Å². The van der Waals surface area contributed by atoms with Crippen molar-refractivity contribution >= 4 is 5.91 Å². The van der Waals surface area contributed by atoms with Crippen LogP contribution in [0, 0.1) is 5.82 Å². The molecule has 1 aromatic carbocycles. The molecule has 0 atom stereocenters. The summed E-state index contributed by atoms with van der Waals surface area (Å²) in [4.78, 5) is 15.1. The minimum atomic E-state index is -0.406. The Labute approximate surface area is 103 Å². The number of hydrogen-bond acceptors (Lipinski definition) is 4. The van der Waals surface area contributed by atoms with Gasteiger partial charge in [0, 0.05) is 19.9 Å². The Kier molecular flexibility index (Phi) is 3.66. The molecule has 0 radical (unpaired) electrons. The van der Waals surface area contributed by atoms with E-state index in [1.54, 1.807) is 25.2 Å². The molecular weight excluding hydrogens is 237 g/mol. The first-order valence-corrected chi connectivity index (χ1v) is 5.49. The van der Waals surface area contributed by atoms with Crippen molar-refractivity contribution in [3.05, 3.63) is 36.0 Å². The smallest absolute Gasteiger partial charge is 0.227 e. The highest BCUT2D eigenvalue weighted by Crippen LogP contribution is 2.19. The van der Waals surface area contributed by atoms with Crippen molar-refractivity contribution in [2.45, 2.75) is 12.8 Å². The zero-order valence-corrected chi connectivity index (χ0v) is 9.81. The third kappa shape index (κ3) is 2.71. The van der Waals surface area contributed by atoms with Crippen LogP contribution in [0.25, 0.3) is 11.4 Å². The Bertz CT molecular complexity index is 554. The topological polar surface area (TPSA) is 68.0 Å². The third-order valence-electron chi connectivity index (χ3n) is 2.43. The van der Waals surface area contributed by atoms with Crippen LogP contribution in [0.2, 0.25) is 0 Å². The van der Waals surface area contributed by atoms with Gasteiger partial charge in [0.2, 0.25) is 17.6 Å². The van der Waals surface area contributed by atoms with Crippen LogP contribution in [0.4, 0.5) is 4.39 Å². The quantitative estimate of drug-likeness (QED) is 0.892. The summed E-state index contributed by atoms with van der Waals surface area (Å²) in [6.45, 7) is 0. The molecule has 0 fully saturated rings. The van der Waals surface area contributed by atoms with Gasteiger partial charge in [0.15, 0.2) is 0 Å². The van der Waals surface area contributed by atoms with Crippen molar-refractivity contribution in [2.24, 2.45) is 0 Å². The highest BCUT2D eigenvalue weighted by molar-refractivity contribution is 5.75. The van der Waals surface area contributed by atoms with E-state index in [1.807, 2.05) is 0 Å². The highest BCUT2D eigenvalue weighted by atomic mass is 19.1. The summed E-state index contributed by atoms with van der Waals surface area (Å²) in [6.07, 6.45) is 0.594. The molecule has 2 aromatic rings. The van der Waals surface area contributed by atoms with Crippen LogP contribution in [-0.2, 0) is 11.2 Å². The SMILES string of the molecule is CNC(=O)CCc1nc(-c2ccccc2F)no1. The molecule has 0 bridgehead atoms. The molecule has 5 nitrogen and oxygen atoms in total. The van der Waals surface area contributed by atoms with Crippen LogP contribution < -0.4 is 5.32 Å². The molecule has 0 spiro atoms. The summed E-state index contributed by atoms with van der Waals surface area (Å²) < 4.78 is 18.4. The second-order valence-electron chi connectivity index (χ2n) is 3.66. The fourth-order valence-corrected chi connectivity index (χ4v) is 1.45. The molecule has 94 valence electrons. The summed E-state index contributed by atoms with van der Waals surface area (Å²) in [5.41, 5.74) is 0.285. The van der Waals surface area contributed by atoms with Crippen LogP contribution in [-0.4, -0.2) is 23.1 Å². The Morgan fingerprint density at radius 1 is 1.44 bits per heavy atom. The van der Waals surface area contributed by atoms with Gasteiger partial charge in [-0.2, -0.15) is 4.98 Å². The van der Waals surface area contributed by atoms with E-state index in [9.17, 15) is 9.18 Å². The normalized spacial score (nSPS) is 10.3. The van der Waals surface area contributed by atoms with Crippen LogP contribution in [0.15, 0.2) is 28.8 Å². The lowest BCUT2D eigenvalue weighted by Crippen LogP contribution is -2.17. The molecule has 0 unspecified atom stereocenters. The van der Waals surface area contributed by atoms with Crippen molar-refractivity contribution < 1.29 is 13.7 Å². The molecule has 0 aliphatic heterocycles. The van der Waals surface area contributed by atoms with Crippen molar-refractivity contribution in [1.82, 2.24) is 15.5 Å². The van der Waals surface area contributed by atoms with Gasteiger partial charge in [-0.1, -0.05) is 17.3 Å². The number of carbonyl (C=O) groups excluding carboxylic acids is 1. The number of nitrogens with one attached hydrogen (secondary N) is 1. The first-order chi connectivity index (χ1) is 8.70. The lowest BCUT2D eigenvalue weighted by atomic mass is 10.2. The van der Waals surface area contributed by atoms with E-state index in [-0.39, 0.29) is 23.7 Å². The minimum absolute atomic E-state index is 0.111. The zero-order chi connectivity index (χ0) is 13.0. The summed E-state index contributed by atoms with van der Waals surface area (Å²) >= 11 is 0. The Morgan fingerprint density at radius 3 is 2.94 bits per heavy atom. The lowest BCUT2D eigenvalue weighted by Gasteiger charge is -1.95. The number of halogens is 1. The van der Waals surface area contributed by atoms with E-state index >= 15 is 0 Å². The second kappa shape index (κ2) is 5.39. The van der Waals surface area contributed by atoms with Gasteiger partial charge in [0.05, 0.1) is 5.56 Å². The monoisotopic (exact) mass is 249 g/mol. The summed E-state index contributed by atoms with van der Waals surface area (Å²) in [6, 6.07) is 6.18. The number of hydrogen-bond donors (Lipinski definition) is 1. The third-order valence-corrected chi connectivity index (χ3v) is 2.43. The number of benzene rings is 1. The number of aryl methyl sites for hydroxylation is 1. The maximum atomic E-state index is 13.5. The van der Waals surface area contributed by atoms with Gasteiger partial charge in [-0.15, -0.1) is 0 Å². The van der Waals surface area contributed by atoms with E-state index in [4.69, 9.17) is 4.52 Å². The first kappa shape index (κ1) is 12.2. The molecule has 1 amide bonds. The van der Waals surface area contributed by atoms with Gasteiger partial charge >= 0.3 is 0 Å². The van der Waals surface area contributed by atoms with Gasteiger partial charge in [0.1, 0.15) is 5.82 Å². The Morgan fingerprint density at radius 2 is 2.22 bits per heavy atom. The standard InChI is InChI=1S/C12H12FN3O2/c1-14-10(17)6-7-11-15-12(16-18-11)8-4-2-3-5-9(8)13/h2-5H,6-7H2,1H3,(H,14,17). The predicted molar refractivity (Wildman–Crippen MR) is 62.1 cm³/mol. The number of nitrogens with zero attached hydrogens (tertiary/aromatic N) is 2. The van der Waals surface area contributed by atoms with Crippen LogP contribution >= 0.6 is 0 Å². The molecular formula is C12H12FN3O2. The largest absolute Gasteiger partial charge is 0.359 e. The molecule has 6 heteroatoms. The van der Waals surface area contributed by atoms with Gasteiger partial charge in [-0.3, -0.25) is 4.79 Å². The zero-order valence-electron chi connectivity index (χ0n) is 9.81. The second-order valence-corrected chi connectivity index (χ2v) is 3.66. The average Bonchev–Trinajstić information content (AvgIpc) is 2.85. The van der Waals surface area contributed by atoms with E-state index in [0.29, 0.717) is 12.3 Å². The molecule has 0 aliphatic carbocycles. The summed E-state index contributed by atoms with van der Waals surface area (Å²) in [5, 5.41) is 6.19. The fraction of sp³-hybridized carbons (Fsp3) is 0.250. The van der Waals surface area contributed by atoms with Crippen LogP contribution in [0.1, 0.15) is 12.3 Å². The predicted octanol–water partition coefficient (Wildman–Crippen LogP) is 1.55. The fourth-order valence-electron chi connectivity index (χ4n) is 1.45. The average molecular weight is 249 g/mol. The highest BCUT2D eigenvalue weighted by Gasteiger charge is 2.12. The molecule has 1 aromatic heterocycles. The van der Waals surface area contributed by atoms with E-state index in [0.717, 1.165) is 0 Å². The molecule has 1 heterocycles. The van der Waals surface area contributed by atoms with Crippen molar-refractivity contribution in [3.8, 4) is 11.4 Å². The van der Waals surface area contributed by atoms with Gasteiger partial charge < -0.3 is 9.84 Å². The van der Waals surface area contributed by atoms with E-state index < -0.39 is 5.82 Å². The molecule has 0 saturated carbocycles. The maximum absolute atomic E-state index is 13.5. The number of amides is 1. The van der Waals surface area contributed by atoms with Gasteiger partial charge in [-0.25, -0.2) is 4.39 Å². The maximum Gasteiger partial charge on any atom is 0.227 e. The Hall–Kier alpha value is -2.24. The molecule has 1 N–H and O–H groups in total. The number of rotatable bonds is 4. The van der Waals surface area contributed by atoms with Crippen molar-refractivity contribution in [3.63, 3.8) is 0 Å². The molecule has 0 saturated heterocycles. The summed E-state index contributed by atoms with van der Waals surface area (Å²) in [7, 11) is 1.56. The molecule has 0 aliphatic rings. The molecule has 18 heavy (non-hydrogen) atoms. The van der Waals surface area contributed by atoms with Gasteiger partial charge in [-0.05, 0) is 12.1 Å². The van der Waals surface area contributed by atoms with E-state index in [1.165, 1.54) is 6.07 Å².